The van der Waals surface area contributed by atoms with Crippen molar-refractivity contribution in [1.29, 1.82) is 0 Å². The third-order valence-electron chi connectivity index (χ3n) is 6.10. The van der Waals surface area contributed by atoms with Crippen molar-refractivity contribution in [2.45, 2.75) is 52.7 Å². The van der Waals surface area contributed by atoms with E-state index in [0.717, 1.165) is 49.2 Å². The molecule has 0 saturated heterocycles. The zero-order valence-electron chi connectivity index (χ0n) is 20.6. The summed E-state index contributed by atoms with van der Waals surface area (Å²) >= 11 is 0. The normalized spacial score (nSPS) is 19.8. The molecule has 0 bridgehead atoms. The first-order valence-electron chi connectivity index (χ1n) is 12.1. The van der Waals surface area contributed by atoms with Crippen molar-refractivity contribution in [3.63, 3.8) is 0 Å². The van der Waals surface area contributed by atoms with Gasteiger partial charge in [0.1, 0.15) is 0 Å². The van der Waals surface area contributed by atoms with Crippen LogP contribution in [0.5, 0.6) is 0 Å². The van der Waals surface area contributed by atoms with Gasteiger partial charge in [-0.1, -0.05) is 75.9 Å². The minimum Gasteiger partial charge on any atom is -0.465 e. The molecule has 1 aliphatic carbocycles. The molecule has 2 atom stereocenters. The number of amides is 1. The highest BCUT2D eigenvalue weighted by Crippen LogP contribution is 2.41. The molecule has 1 saturated carbocycles. The SMILES string of the molecule is C=C/C=C\c1c(C=C)ncn1CC1(COCc2ccccc2)CCCC(CNC(=O)O)C1.CC. The molecular weight excluding hydrogens is 426 g/mol. The van der Waals surface area contributed by atoms with Gasteiger partial charge in [-0.15, -0.1) is 0 Å². The van der Waals surface area contributed by atoms with Crippen LogP contribution >= 0.6 is 0 Å². The number of ether oxygens (including phenoxy) is 1. The van der Waals surface area contributed by atoms with E-state index >= 15 is 0 Å². The maximum Gasteiger partial charge on any atom is 0.404 e. The highest BCUT2D eigenvalue weighted by atomic mass is 16.5. The number of carbonyl (C=O) groups is 1. The molecule has 2 aromatic rings. The van der Waals surface area contributed by atoms with E-state index < -0.39 is 6.09 Å². The minimum absolute atomic E-state index is 0.103. The quantitative estimate of drug-likeness (QED) is 0.376. The molecule has 1 aliphatic rings. The number of benzene rings is 1. The van der Waals surface area contributed by atoms with Gasteiger partial charge in [-0.05, 0) is 42.9 Å². The first kappa shape index (κ1) is 27.1. The molecule has 34 heavy (non-hydrogen) atoms. The zero-order chi connectivity index (χ0) is 24.8. The van der Waals surface area contributed by atoms with Crippen molar-refractivity contribution in [2.75, 3.05) is 13.2 Å². The summed E-state index contributed by atoms with van der Waals surface area (Å²) < 4.78 is 8.40. The van der Waals surface area contributed by atoms with Crippen LogP contribution in [0.4, 0.5) is 4.79 Å². The van der Waals surface area contributed by atoms with E-state index in [1.807, 2.05) is 50.5 Å². The Morgan fingerprint density at radius 1 is 1.32 bits per heavy atom. The third-order valence-corrected chi connectivity index (χ3v) is 6.10. The molecule has 0 aliphatic heterocycles. The van der Waals surface area contributed by atoms with E-state index in [2.05, 4.69) is 40.2 Å². The Kier molecular flexibility index (Phi) is 11.3. The predicted octanol–water partition coefficient (Wildman–Crippen LogP) is 6.41. The molecule has 6 heteroatoms. The number of nitrogens with one attached hydrogen (secondary N) is 1. The average molecular weight is 466 g/mol. The first-order valence-corrected chi connectivity index (χ1v) is 12.1. The largest absolute Gasteiger partial charge is 0.465 e. The molecular formula is C28H39N3O3. The van der Waals surface area contributed by atoms with Gasteiger partial charge in [0.2, 0.25) is 0 Å². The highest BCUT2D eigenvalue weighted by Gasteiger charge is 2.37. The summed E-state index contributed by atoms with van der Waals surface area (Å²) in [5.41, 5.74) is 2.87. The van der Waals surface area contributed by atoms with E-state index in [1.165, 1.54) is 0 Å². The van der Waals surface area contributed by atoms with Gasteiger partial charge in [0, 0.05) is 18.5 Å². The topological polar surface area (TPSA) is 76.4 Å². The number of hydrogen-bond donors (Lipinski definition) is 2. The van der Waals surface area contributed by atoms with Crippen LogP contribution in [-0.2, 0) is 17.9 Å². The van der Waals surface area contributed by atoms with Gasteiger partial charge in [0.15, 0.2) is 0 Å². The van der Waals surface area contributed by atoms with Crippen LogP contribution in [0.15, 0.2) is 62.0 Å². The van der Waals surface area contributed by atoms with E-state index in [9.17, 15) is 4.79 Å². The second-order valence-corrected chi connectivity index (χ2v) is 8.57. The van der Waals surface area contributed by atoms with Crippen LogP contribution in [0.2, 0.25) is 0 Å². The van der Waals surface area contributed by atoms with Gasteiger partial charge in [0.25, 0.3) is 0 Å². The molecule has 1 aromatic heterocycles. The molecule has 0 spiro atoms. The Labute approximate surface area is 204 Å². The summed E-state index contributed by atoms with van der Waals surface area (Å²) in [5.74, 6) is 0.287. The Bertz CT molecular complexity index is 936. The second-order valence-electron chi connectivity index (χ2n) is 8.57. The summed E-state index contributed by atoms with van der Waals surface area (Å²) in [6, 6.07) is 10.2. The standard InChI is InChI=1S/C26H33N3O3.C2H6/c1-3-5-13-24-23(4-2)28-20-29(24)18-26(19-32-17-21-10-7-6-8-11-21)14-9-12-22(15-26)16-27-25(30)31;1-2/h3-8,10-11,13,20,22,27H,1-2,9,12,14-19H2,(H,30,31);1-2H3/b13-5-;. The van der Waals surface area contributed by atoms with Crippen molar-refractivity contribution >= 4 is 18.2 Å². The van der Waals surface area contributed by atoms with Gasteiger partial charge < -0.3 is 19.7 Å². The number of nitrogens with zero attached hydrogens (tertiary/aromatic N) is 2. The fourth-order valence-corrected chi connectivity index (χ4v) is 4.66. The van der Waals surface area contributed by atoms with Crippen LogP contribution in [0.1, 0.15) is 56.5 Å². The molecule has 1 amide bonds. The van der Waals surface area contributed by atoms with Gasteiger partial charge in [0.05, 0.1) is 30.9 Å². The minimum atomic E-state index is -0.969. The van der Waals surface area contributed by atoms with Crippen LogP contribution in [0.25, 0.3) is 12.2 Å². The fraction of sp³-hybridized carbons (Fsp3) is 0.429. The summed E-state index contributed by atoms with van der Waals surface area (Å²) in [5, 5.41) is 11.6. The average Bonchev–Trinajstić information content (AvgIpc) is 3.24. The lowest BCUT2D eigenvalue weighted by Gasteiger charge is -2.41. The third kappa shape index (κ3) is 8.03. The number of allylic oxidation sites excluding steroid dienone is 2. The lowest BCUT2D eigenvalue weighted by atomic mass is 9.69. The highest BCUT2D eigenvalue weighted by molar-refractivity contribution is 5.64. The van der Waals surface area contributed by atoms with E-state index in [-0.39, 0.29) is 11.3 Å². The van der Waals surface area contributed by atoms with E-state index in [0.29, 0.717) is 19.8 Å². The fourth-order valence-electron chi connectivity index (χ4n) is 4.66. The Balaban J connectivity index is 0.00000199. The molecule has 184 valence electrons. The molecule has 6 nitrogen and oxygen atoms in total. The van der Waals surface area contributed by atoms with Gasteiger partial charge in [-0.2, -0.15) is 0 Å². The van der Waals surface area contributed by atoms with Gasteiger partial charge in [-0.3, -0.25) is 0 Å². The van der Waals surface area contributed by atoms with Crippen LogP contribution in [-0.4, -0.2) is 33.9 Å². The zero-order valence-corrected chi connectivity index (χ0v) is 20.6. The monoisotopic (exact) mass is 465 g/mol. The molecule has 1 fully saturated rings. The van der Waals surface area contributed by atoms with Crippen LogP contribution < -0.4 is 5.32 Å². The van der Waals surface area contributed by atoms with E-state index in [4.69, 9.17) is 9.84 Å². The van der Waals surface area contributed by atoms with Crippen molar-refractivity contribution in [1.82, 2.24) is 14.9 Å². The van der Waals surface area contributed by atoms with Crippen molar-refractivity contribution in [2.24, 2.45) is 11.3 Å². The Hall–Kier alpha value is -3.12. The van der Waals surface area contributed by atoms with Crippen molar-refractivity contribution in [3.05, 3.63) is 78.9 Å². The summed E-state index contributed by atoms with van der Waals surface area (Å²) in [6.45, 7) is 14.1. The summed E-state index contributed by atoms with van der Waals surface area (Å²) in [7, 11) is 0. The molecule has 1 aromatic carbocycles. The molecule has 3 rings (SSSR count). The number of imidazole rings is 1. The number of hydrogen-bond acceptors (Lipinski definition) is 3. The molecule has 1 heterocycles. The lowest BCUT2D eigenvalue weighted by molar-refractivity contribution is -0.0128. The number of aromatic nitrogens is 2. The second kappa shape index (κ2) is 14.2. The first-order chi connectivity index (χ1) is 16.5. The predicted molar refractivity (Wildman–Crippen MR) is 139 cm³/mol. The summed E-state index contributed by atoms with van der Waals surface area (Å²) in [4.78, 5) is 15.5. The van der Waals surface area contributed by atoms with Gasteiger partial charge in [-0.25, -0.2) is 9.78 Å². The van der Waals surface area contributed by atoms with Crippen molar-refractivity contribution < 1.29 is 14.6 Å². The van der Waals surface area contributed by atoms with Crippen LogP contribution in [0, 0.1) is 11.3 Å². The molecule has 2 unspecified atom stereocenters. The lowest BCUT2D eigenvalue weighted by Crippen LogP contribution is -2.40. The summed E-state index contributed by atoms with van der Waals surface area (Å²) in [6.07, 6.45) is 12.3. The van der Waals surface area contributed by atoms with Crippen molar-refractivity contribution in [3.8, 4) is 0 Å². The molecule has 2 N–H and O–H groups in total. The van der Waals surface area contributed by atoms with E-state index in [1.54, 1.807) is 12.2 Å². The maximum atomic E-state index is 11.0. The van der Waals surface area contributed by atoms with Gasteiger partial charge >= 0.3 is 6.09 Å². The number of rotatable bonds is 11. The smallest absolute Gasteiger partial charge is 0.404 e. The van der Waals surface area contributed by atoms with Crippen LogP contribution in [0.3, 0.4) is 0 Å². The Morgan fingerprint density at radius 3 is 2.76 bits per heavy atom. The number of carboxylic acid groups (broad SMARTS) is 1. The maximum absolute atomic E-state index is 11.0. The molecule has 0 radical (unpaired) electrons. The Morgan fingerprint density at radius 2 is 2.09 bits per heavy atom.